The van der Waals surface area contributed by atoms with Crippen molar-refractivity contribution in [1.82, 2.24) is 5.32 Å². The smallest absolute Gasteiger partial charge is 0.220 e. The minimum Gasteiger partial charge on any atom is -0.376 e. The molecule has 0 radical (unpaired) electrons. The zero-order chi connectivity index (χ0) is 12.3. The molecule has 16 heavy (non-hydrogen) atoms. The molecular weight excluding hydrogens is 204 g/mol. The predicted octanol–water partition coefficient (Wildman–Crippen LogP) is 1.04. The van der Waals surface area contributed by atoms with Gasteiger partial charge in [-0.25, -0.2) is 0 Å². The van der Waals surface area contributed by atoms with Gasteiger partial charge in [-0.3, -0.25) is 4.79 Å². The molecule has 4 nitrogen and oxygen atoms in total. The molecule has 3 unspecified atom stereocenters. The number of amides is 1. The normalized spacial score (nSPS) is 29.7. The van der Waals surface area contributed by atoms with Gasteiger partial charge in [0.05, 0.1) is 12.1 Å². The van der Waals surface area contributed by atoms with Crippen LogP contribution in [0.25, 0.3) is 0 Å². The van der Waals surface area contributed by atoms with E-state index in [2.05, 4.69) is 5.32 Å². The summed E-state index contributed by atoms with van der Waals surface area (Å²) in [5.74, 6) is 0.0670. The summed E-state index contributed by atoms with van der Waals surface area (Å²) < 4.78 is 5.50. The van der Waals surface area contributed by atoms with E-state index in [0.29, 0.717) is 13.0 Å². The van der Waals surface area contributed by atoms with Crippen LogP contribution in [0.4, 0.5) is 0 Å². The number of carbonyl (C=O) groups is 1. The van der Waals surface area contributed by atoms with Gasteiger partial charge in [-0.15, -0.1) is 0 Å². The topological polar surface area (TPSA) is 64.3 Å². The van der Waals surface area contributed by atoms with E-state index >= 15 is 0 Å². The summed E-state index contributed by atoms with van der Waals surface area (Å²) in [7, 11) is 0. The molecule has 0 aromatic carbocycles. The molecule has 1 rings (SSSR count). The summed E-state index contributed by atoms with van der Waals surface area (Å²) in [6.07, 6.45) is 1.47. The van der Waals surface area contributed by atoms with Crippen molar-refractivity contribution in [2.24, 2.45) is 11.1 Å². The number of hydrogen-bond donors (Lipinski definition) is 2. The lowest BCUT2D eigenvalue weighted by Crippen LogP contribution is -2.64. The number of rotatable bonds is 4. The van der Waals surface area contributed by atoms with Gasteiger partial charge in [0.25, 0.3) is 0 Å². The van der Waals surface area contributed by atoms with Crippen LogP contribution in [0.5, 0.6) is 0 Å². The molecule has 3 atom stereocenters. The Morgan fingerprint density at radius 1 is 1.50 bits per heavy atom. The van der Waals surface area contributed by atoms with Crippen LogP contribution >= 0.6 is 0 Å². The van der Waals surface area contributed by atoms with Crippen LogP contribution in [-0.4, -0.2) is 30.7 Å². The fourth-order valence-corrected chi connectivity index (χ4v) is 1.95. The molecule has 0 bridgehead atoms. The quantitative estimate of drug-likeness (QED) is 0.755. The highest BCUT2D eigenvalue weighted by Crippen LogP contribution is 2.24. The number of nitrogens with two attached hydrogens (primary N) is 1. The Morgan fingerprint density at radius 3 is 2.56 bits per heavy atom. The first-order chi connectivity index (χ1) is 7.33. The largest absolute Gasteiger partial charge is 0.376 e. The van der Waals surface area contributed by atoms with Gasteiger partial charge in [-0.1, -0.05) is 20.8 Å². The lowest BCUT2D eigenvalue weighted by atomic mass is 9.82. The van der Waals surface area contributed by atoms with E-state index in [9.17, 15) is 4.79 Å². The second-order valence-electron chi connectivity index (χ2n) is 5.72. The highest BCUT2D eigenvalue weighted by atomic mass is 16.5. The summed E-state index contributed by atoms with van der Waals surface area (Å²) >= 11 is 0. The molecule has 1 aliphatic carbocycles. The Balaban J connectivity index is 2.38. The van der Waals surface area contributed by atoms with Gasteiger partial charge in [0, 0.05) is 19.1 Å². The van der Waals surface area contributed by atoms with Crippen molar-refractivity contribution in [3.05, 3.63) is 0 Å². The lowest BCUT2D eigenvalue weighted by molar-refractivity contribution is -0.127. The summed E-state index contributed by atoms with van der Waals surface area (Å²) in [5.41, 5.74) is 5.87. The molecule has 0 aliphatic heterocycles. The number of ether oxygens (including phenoxy) is 1. The molecule has 1 saturated carbocycles. The van der Waals surface area contributed by atoms with E-state index in [4.69, 9.17) is 10.5 Å². The maximum atomic E-state index is 11.7. The summed E-state index contributed by atoms with van der Waals surface area (Å²) in [5, 5.41) is 2.97. The van der Waals surface area contributed by atoms with E-state index in [1.807, 2.05) is 27.7 Å². The van der Waals surface area contributed by atoms with Gasteiger partial charge in [0.2, 0.25) is 5.91 Å². The van der Waals surface area contributed by atoms with Crippen LogP contribution in [0.2, 0.25) is 0 Å². The SMILES string of the molecule is CCOC1CC(N)C1NC(=O)CC(C)(C)C. The van der Waals surface area contributed by atoms with Crippen molar-refractivity contribution in [2.75, 3.05) is 6.61 Å². The van der Waals surface area contributed by atoms with Crippen LogP contribution in [0.3, 0.4) is 0 Å². The van der Waals surface area contributed by atoms with Crippen molar-refractivity contribution < 1.29 is 9.53 Å². The summed E-state index contributed by atoms with van der Waals surface area (Å²) in [4.78, 5) is 11.7. The van der Waals surface area contributed by atoms with E-state index in [-0.39, 0.29) is 29.5 Å². The van der Waals surface area contributed by atoms with E-state index < -0.39 is 0 Å². The maximum Gasteiger partial charge on any atom is 0.220 e. The zero-order valence-corrected chi connectivity index (χ0v) is 10.7. The minimum absolute atomic E-state index is 0.00481. The average Bonchev–Trinajstić information content (AvgIpc) is 2.11. The maximum absolute atomic E-state index is 11.7. The van der Waals surface area contributed by atoms with Crippen molar-refractivity contribution in [3.8, 4) is 0 Å². The third kappa shape index (κ3) is 3.76. The van der Waals surface area contributed by atoms with Gasteiger partial charge < -0.3 is 15.8 Å². The van der Waals surface area contributed by atoms with E-state index in [1.165, 1.54) is 0 Å². The highest BCUT2D eigenvalue weighted by Gasteiger charge is 2.40. The lowest BCUT2D eigenvalue weighted by Gasteiger charge is -2.42. The van der Waals surface area contributed by atoms with Crippen LogP contribution in [0.1, 0.15) is 40.5 Å². The fourth-order valence-electron chi connectivity index (χ4n) is 1.95. The molecule has 4 heteroatoms. The summed E-state index contributed by atoms with van der Waals surface area (Å²) in [6.45, 7) is 8.77. The van der Waals surface area contributed by atoms with Crippen molar-refractivity contribution in [1.29, 1.82) is 0 Å². The molecule has 3 N–H and O–H groups in total. The second-order valence-corrected chi connectivity index (χ2v) is 5.72. The monoisotopic (exact) mass is 228 g/mol. The van der Waals surface area contributed by atoms with Gasteiger partial charge >= 0.3 is 0 Å². The number of carbonyl (C=O) groups excluding carboxylic acids is 1. The fraction of sp³-hybridized carbons (Fsp3) is 0.917. The van der Waals surface area contributed by atoms with Gasteiger partial charge in [-0.05, 0) is 18.8 Å². The second kappa shape index (κ2) is 5.15. The van der Waals surface area contributed by atoms with Crippen LogP contribution in [0.15, 0.2) is 0 Å². The Bertz CT molecular complexity index is 246. The number of nitrogens with one attached hydrogen (secondary N) is 1. The predicted molar refractivity (Wildman–Crippen MR) is 64.0 cm³/mol. The first-order valence-electron chi connectivity index (χ1n) is 6.00. The van der Waals surface area contributed by atoms with Crippen molar-refractivity contribution >= 4 is 5.91 Å². The third-order valence-electron chi connectivity index (χ3n) is 2.77. The molecule has 0 spiro atoms. The van der Waals surface area contributed by atoms with Crippen LogP contribution < -0.4 is 11.1 Å². The molecule has 1 fully saturated rings. The standard InChI is InChI=1S/C12H24N2O2/c1-5-16-9-6-8(13)11(9)14-10(15)7-12(2,3)4/h8-9,11H,5-7,13H2,1-4H3,(H,14,15). The molecule has 1 aliphatic rings. The van der Waals surface area contributed by atoms with E-state index in [0.717, 1.165) is 6.42 Å². The Labute approximate surface area is 97.9 Å². The molecule has 0 heterocycles. The molecule has 0 aromatic heterocycles. The summed E-state index contributed by atoms with van der Waals surface area (Å²) in [6, 6.07) is 0.0373. The molecule has 94 valence electrons. The van der Waals surface area contributed by atoms with Gasteiger partial charge in [0.1, 0.15) is 0 Å². The van der Waals surface area contributed by atoms with Crippen LogP contribution in [-0.2, 0) is 9.53 Å². The Morgan fingerprint density at radius 2 is 2.12 bits per heavy atom. The van der Waals surface area contributed by atoms with Gasteiger partial charge in [-0.2, -0.15) is 0 Å². The first kappa shape index (κ1) is 13.5. The molecule has 0 saturated heterocycles. The number of hydrogen-bond acceptors (Lipinski definition) is 3. The highest BCUT2D eigenvalue weighted by molar-refractivity contribution is 5.77. The van der Waals surface area contributed by atoms with Crippen LogP contribution in [0, 0.1) is 5.41 Å². The molecular formula is C12H24N2O2. The zero-order valence-electron chi connectivity index (χ0n) is 10.7. The third-order valence-corrected chi connectivity index (χ3v) is 2.77. The average molecular weight is 228 g/mol. The molecule has 0 aromatic rings. The van der Waals surface area contributed by atoms with Crippen molar-refractivity contribution in [3.63, 3.8) is 0 Å². The Hall–Kier alpha value is -0.610. The van der Waals surface area contributed by atoms with Crippen molar-refractivity contribution in [2.45, 2.75) is 58.7 Å². The Kier molecular flexibility index (Phi) is 4.33. The minimum atomic E-state index is -0.00481. The first-order valence-corrected chi connectivity index (χ1v) is 6.00. The van der Waals surface area contributed by atoms with Gasteiger partial charge in [0.15, 0.2) is 0 Å². The molecule has 1 amide bonds. The van der Waals surface area contributed by atoms with E-state index in [1.54, 1.807) is 0 Å².